The highest BCUT2D eigenvalue weighted by Crippen LogP contribution is 2.17. The number of hydrogen-bond donors (Lipinski definition) is 1. The number of aryl methyl sites for hydroxylation is 1. The molecule has 1 N–H and O–H groups in total. The molecule has 0 aliphatic heterocycles. The monoisotopic (exact) mass is 234 g/mol. The molecule has 0 fully saturated rings. The first-order valence-electron chi connectivity index (χ1n) is 5.15. The van der Waals surface area contributed by atoms with Gasteiger partial charge in [-0.25, -0.2) is 14.0 Å². The zero-order valence-electron chi connectivity index (χ0n) is 9.97. The first-order valence-corrected chi connectivity index (χ1v) is 5.15. The molecule has 0 aliphatic rings. The summed E-state index contributed by atoms with van der Waals surface area (Å²) in [6.07, 6.45) is 0. The molecule has 0 amide bonds. The van der Waals surface area contributed by atoms with Gasteiger partial charge < -0.3 is 10.1 Å². The molecule has 1 aromatic heterocycles. The Bertz CT molecular complexity index is 585. The standard InChI is InChI=1S/C11H14N4O2/c1-12-10-13-14(2)11(16)15(10)8-5-4-6-9(7-8)17-3/h4-7H,1-3H3,(H,12,13). The normalized spacial score (nSPS) is 10.3. The Balaban J connectivity index is 2.63. The van der Waals surface area contributed by atoms with E-state index in [9.17, 15) is 4.79 Å². The summed E-state index contributed by atoms with van der Waals surface area (Å²) in [6, 6.07) is 7.26. The Labute approximate surface area is 98.4 Å². The first kappa shape index (κ1) is 11.3. The molecule has 0 unspecified atom stereocenters. The van der Waals surface area contributed by atoms with E-state index in [1.807, 2.05) is 18.2 Å². The van der Waals surface area contributed by atoms with E-state index in [1.54, 1.807) is 27.3 Å². The summed E-state index contributed by atoms with van der Waals surface area (Å²) < 4.78 is 7.91. The molecule has 17 heavy (non-hydrogen) atoms. The van der Waals surface area contributed by atoms with Crippen LogP contribution in [0.2, 0.25) is 0 Å². The van der Waals surface area contributed by atoms with Crippen molar-refractivity contribution in [3.63, 3.8) is 0 Å². The highest BCUT2D eigenvalue weighted by molar-refractivity contribution is 5.44. The van der Waals surface area contributed by atoms with E-state index in [4.69, 9.17) is 4.74 Å². The number of hydrogen-bond acceptors (Lipinski definition) is 4. The summed E-state index contributed by atoms with van der Waals surface area (Å²) in [7, 11) is 4.92. The van der Waals surface area contributed by atoms with E-state index in [0.29, 0.717) is 17.4 Å². The average molecular weight is 234 g/mol. The van der Waals surface area contributed by atoms with Crippen molar-refractivity contribution in [2.24, 2.45) is 7.05 Å². The number of nitrogens with zero attached hydrogens (tertiary/aromatic N) is 3. The van der Waals surface area contributed by atoms with Gasteiger partial charge >= 0.3 is 5.69 Å². The van der Waals surface area contributed by atoms with Crippen molar-refractivity contribution in [1.29, 1.82) is 0 Å². The average Bonchev–Trinajstić information content (AvgIpc) is 2.65. The van der Waals surface area contributed by atoms with E-state index < -0.39 is 0 Å². The lowest BCUT2D eigenvalue weighted by Crippen LogP contribution is -2.21. The zero-order valence-corrected chi connectivity index (χ0v) is 9.97. The van der Waals surface area contributed by atoms with Gasteiger partial charge in [-0.05, 0) is 12.1 Å². The number of nitrogens with one attached hydrogen (secondary N) is 1. The maximum atomic E-state index is 11.9. The third kappa shape index (κ3) is 1.89. The molecule has 0 atom stereocenters. The minimum Gasteiger partial charge on any atom is -0.497 e. The lowest BCUT2D eigenvalue weighted by Gasteiger charge is -2.06. The number of benzene rings is 1. The minimum absolute atomic E-state index is 0.206. The summed E-state index contributed by atoms with van der Waals surface area (Å²) in [4.78, 5) is 11.9. The summed E-state index contributed by atoms with van der Waals surface area (Å²) in [5.74, 6) is 1.19. The van der Waals surface area contributed by atoms with Gasteiger partial charge in [-0.1, -0.05) is 6.07 Å². The van der Waals surface area contributed by atoms with Gasteiger partial charge in [0.25, 0.3) is 0 Å². The number of methoxy groups -OCH3 is 1. The quantitative estimate of drug-likeness (QED) is 0.845. The Hall–Kier alpha value is -2.24. The van der Waals surface area contributed by atoms with Crippen molar-refractivity contribution in [3.8, 4) is 11.4 Å². The topological polar surface area (TPSA) is 61.1 Å². The van der Waals surface area contributed by atoms with Crippen molar-refractivity contribution in [2.75, 3.05) is 19.5 Å². The van der Waals surface area contributed by atoms with E-state index in [0.717, 1.165) is 0 Å². The van der Waals surface area contributed by atoms with Crippen LogP contribution in [-0.2, 0) is 7.05 Å². The summed E-state index contributed by atoms with van der Waals surface area (Å²) in [5.41, 5.74) is 0.509. The van der Waals surface area contributed by atoms with Crippen LogP contribution in [0.4, 0.5) is 5.95 Å². The first-order chi connectivity index (χ1) is 8.17. The second-order valence-corrected chi connectivity index (χ2v) is 3.52. The van der Waals surface area contributed by atoms with E-state index in [1.165, 1.54) is 9.25 Å². The van der Waals surface area contributed by atoms with Gasteiger partial charge in [-0.3, -0.25) is 0 Å². The third-order valence-electron chi connectivity index (χ3n) is 2.46. The number of ether oxygens (including phenoxy) is 1. The predicted octanol–water partition coefficient (Wildman–Crippen LogP) is 0.621. The minimum atomic E-state index is -0.206. The smallest absolute Gasteiger partial charge is 0.351 e. The van der Waals surface area contributed by atoms with Gasteiger partial charge in [0, 0.05) is 20.2 Å². The molecule has 1 heterocycles. The largest absolute Gasteiger partial charge is 0.497 e. The van der Waals surface area contributed by atoms with Crippen LogP contribution in [0.1, 0.15) is 0 Å². The second-order valence-electron chi connectivity index (χ2n) is 3.52. The highest BCUT2D eigenvalue weighted by Gasteiger charge is 2.11. The van der Waals surface area contributed by atoms with Gasteiger partial charge in [0.15, 0.2) is 0 Å². The van der Waals surface area contributed by atoms with Crippen molar-refractivity contribution in [3.05, 3.63) is 34.7 Å². The lowest BCUT2D eigenvalue weighted by molar-refractivity contribution is 0.414. The van der Waals surface area contributed by atoms with Crippen LogP contribution < -0.4 is 15.7 Å². The van der Waals surface area contributed by atoms with Crippen LogP contribution in [0.5, 0.6) is 5.75 Å². The van der Waals surface area contributed by atoms with Crippen LogP contribution in [-0.4, -0.2) is 28.5 Å². The Morgan fingerprint density at radius 1 is 1.41 bits per heavy atom. The van der Waals surface area contributed by atoms with Crippen molar-refractivity contribution in [2.45, 2.75) is 0 Å². The zero-order chi connectivity index (χ0) is 12.4. The van der Waals surface area contributed by atoms with Crippen molar-refractivity contribution < 1.29 is 4.74 Å². The van der Waals surface area contributed by atoms with Crippen LogP contribution in [0.15, 0.2) is 29.1 Å². The molecule has 0 aliphatic carbocycles. The van der Waals surface area contributed by atoms with Crippen LogP contribution in [0.3, 0.4) is 0 Å². The molecule has 2 rings (SSSR count). The molecule has 0 spiro atoms. The fourth-order valence-electron chi connectivity index (χ4n) is 1.61. The maximum Gasteiger partial charge on any atom is 0.351 e. The van der Waals surface area contributed by atoms with Gasteiger partial charge in [0.05, 0.1) is 12.8 Å². The molecule has 6 heteroatoms. The molecule has 6 nitrogen and oxygen atoms in total. The number of aromatic nitrogens is 3. The Morgan fingerprint density at radius 2 is 2.18 bits per heavy atom. The van der Waals surface area contributed by atoms with Crippen LogP contribution >= 0.6 is 0 Å². The van der Waals surface area contributed by atoms with Crippen molar-refractivity contribution in [1.82, 2.24) is 14.3 Å². The molecule has 0 saturated carbocycles. The fraction of sp³-hybridized carbons (Fsp3) is 0.273. The van der Waals surface area contributed by atoms with Crippen LogP contribution in [0, 0.1) is 0 Å². The maximum absolute atomic E-state index is 11.9. The van der Waals surface area contributed by atoms with Gasteiger partial charge in [-0.15, -0.1) is 5.10 Å². The fourth-order valence-corrected chi connectivity index (χ4v) is 1.61. The number of rotatable bonds is 3. The molecular weight excluding hydrogens is 220 g/mol. The van der Waals surface area contributed by atoms with Crippen molar-refractivity contribution >= 4 is 5.95 Å². The summed E-state index contributed by atoms with van der Waals surface area (Å²) in [5, 5.41) is 6.96. The Kier molecular flexibility index (Phi) is 2.86. The van der Waals surface area contributed by atoms with Gasteiger partial charge in [0.1, 0.15) is 5.75 Å². The molecule has 0 bridgehead atoms. The molecule has 0 radical (unpaired) electrons. The van der Waals surface area contributed by atoms with E-state index >= 15 is 0 Å². The molecule has 2 aromatic rings. The van der Waals surface area contributed by atoms with E-state index in [-0.39, 0.29) is 5.69 Å². The lowest BCUT2D eigenvalue weighted by atomic mass is 10.3. The molecule has 90 valence electrons. The number of anilines is 1. The highest BCUT2D eigenvalue weighted by atomic mass is 16.5. The molecular formula is C11H14N4O2. The second kappa shape index (κ2) is 4.32. The van der Waals surface area contributed by atoms with Gasteiger partial charge in [-0.2, -0.15) is 0 Å². The van der Waals surface area contributed by atoms with Gasteiger partial charge in [0.2, 0.25) is 5.95 Å². The van der Waals surface area contributed by atoms with E-state index in [2.05, 4.69) is 10.4 Å². The third-order valence-corrected chi connectivity index (χ3v) is 2.46. The van der Waals surface area contributed by atoms with Crippen LogP contribution in [0.25, 0.3) is 5.69 Å². The predicted molar refractivity (Wildman–Crippen MR) is 64.9 cm³/mol. The molecule has 0 saturated heterocycles. The molecule has 1 aromatic carbocycles. The summed E-state index contributed by atoms with van der Waals surface area (Å²) >= 11 is 0. The SMILES string of the molecule is CNc1nn(C)c(=O)n1-c1cccc(OC)c1. The Morgan fingerprint density at radius 3 is 2.82 bits per heavy atom. The summed E-state index contributed by atoms with van der Waals surface area (Å²) in [6.45, 7) is 0.